The summed E-state index contributed by atoms with van der Waals surface area (Å²) in [6.45, 7) is 1.03. The predicted octanol–water partition coefficient (Wildman–Crippen LogP) is 3.21. The number of hydrogen-bond acceptors (Lipinski definition) is 2. The van der Waals surface area contributed by atoms with E-state index in [0.717, 1.165) is 6.92 Å². The van der Waals surface area contributed by atoms with Gasteiger partial charge in [-0.1, -0.05) is 6.07 Å². The van der Waals surface area contributed by atoms with Gasteiger partial charge in [-0.25, -0.2) is 4.39 Å². The average Bonchev–Trinajstić information content (AvgIpc) is 2.23. The molecule has 0 spiro atoms. The summed E-state index contributed by atoms with van der Waals surface area (Å²) < 4.78 is 53.5. The lowest BCUT2D eigenvalue weighted by molar-refractivity contribution is -0.213. The van der Waals surface area contributed by atoms with Crippen LogP contribution in [0.1, 0.15) is 6.92 Å². The first kappa shape index (κ1) is 13.8. The van der Waals surface area contributed by atoms with E-state index in [1.165, 1.54) is 18.2 Å². The van der Waals surface area contributed by atoms with Gasteiger partial charge in [-0.2, -0.15) is 13.2 Å². The standard InChI is InChI=1S/C11H13F4NO/c1-8(11(13,14)15)17-6-5-16-10-4-2-3-9(12)7-10/h2-4,7-8,16H,5-6H2,1H3. The Hall–Kier alpha value is -1.30. The van der Waals surface area contributed by atoms with Gasteiger partial charge in [0.2, 0.25) is 0 Å². The zero-order valence-corrected chi connectivity index (χ0v) is 9.22. The second kappa shape index (κ2) is 5.86. The molecule has 0 aliphatic carbocycles. The number of halogens is 4. The molecule has 1 atom stereocenters. The van der Waals surface area contributed by atoms with E-state index in [2.05, 4.69) is 10.1 Å². The summed E-state index contributed by atoms with van der Waals surface area (Å²) in [4.78, 5) is 0. The molecule has 0 fully saturated rings. The lowest BCUT2D eigenvalue weighted by atomic mass is 10.3. The minimum Gasteiger partial charge on any atom is -0.383 e. The van der Waals surface area contributed by atoms with Crippen molar-refractivity contribution >= 4 is 5.69 Å². The highest BCUT2D eigenvalue weighted by Gasteiger charge is 2.36. The first-order chi connectivity index (χ1) is 7.89. The molecule has 1 unspecified atom stereocenters. The highest BCUT2D eigenvalue weighted by molar-refractivity contribution is 5.42. The minimum absolute atomic E-state index is 0.100. The number of anilines is 1. The number of hydrogen-bond donors (Lipinski definition) is 1. The zero-order chi connectivity index (χ0) is 12.9. The van der Waals surface area contributed by atoms with Crippen LogP contribution in [0.3, 0.4) is 0 Å². The van der Waals surface area contributed by atoms with Crippen LogP contribution in [0.15, 0.2) is 24.3 Å². The largest absolute Gasteiger partial charge is 0.414 e. The molecule has 0 heterocycles. The quantitative estimate of drug-likeness (QED) is 0.641. The maximum absolute atomic E-state index is 12.7. The van der Waals surface area contributed by atoms with Gasteiger partial charge >= 0.3 is 6.18 Å². The van der Waals surface area contributed by atoms with Crippen LogP contribution in [0.4, 0.5) is 23.2 Å². The van der Waals surface area contributed by atoms with E-state index in [1.807, 2.05) is 0 Å². The van der Waals surface area contributed by atoms with Crippen molar-refractivity contribution in [1.29, 1.82) is 0 Å². The van der Waals surface area contributed by atoms with Gasteiger partial charge in [0, 0.05) is 12.2 Å². The van der Waals surface area contributed by atoms with Crippen LogP contribution in [-0.4, -0.2) is 25.4 Å². The van der Waals surface area contributed by atoms with Crippen LogP contribution >= 0.6 is 0 Å². The van der Waals surface area contributed by atoms with Crippen molar-refractivity contribution in [3.8, 4) is 0 Å². The van der Waals surface area contributed by atoms with Crippen LogP contribution in [0.5, 0.6) is 0 Å². The Morgan fingerprint density at radius 1 is 1.35 bits per heavy atom. The monoisotopic (exact) mass is 251 g/mol. The molecule has 0 amide bonds. The summed E-state index contributed by atoms with van der Waals surface area (Å²) in [7, 11) is 0. The van der Waals surface area contributed by atoms with Gasteiger partial charge in [0.25, 0.3) is 0 Å². The molecule has 1 N–H and O–H groups in total. The van der Waals surface area contributed by atoms with E-state index in [0.29, 0.717) is 5.69 Å². The number of alkyl halides is 3. The summed E-state index contributed by atoms with van der Waals surface area (Å²) in [6, 6.07) is 5.67. The molecule has 1 rings (SSSR count). The molecule has 0 saturated heterocycles. The molecule has 96 valence electrons. The zero-order valence-electron chi connectivity index (χ0n) is 9.22. The molecular formula is C11H13F4NO. The number of nitrogens with one attached hydrogen (secondary N) is 1. The first-order valence-electron chi connectivity index (χ1n) is 5.07. The fraction of sp³-hybridized carbons (Fsp3) is 0.455. The summed E-state index contributed by atoms with van der Waals surface area (Å²) in [6.07, 6.45) is -6.14. The lowest BCUT2D eigenvalue weighted by Gasteiger charge is -2.16. The minimum atomic E-state index is -4.35. The second-order valence-electron chi connectivity index (χ2n) is 3.49. The topological polar surface area (TPSA) is 21.3 Å². The maximum Gasteiger partial charge on any atom is 0.414 e. The van der Waals surface area contributed by atoms with Crippen molar-refractivity contribution in [2.75, 3.05) is 18.5 Å². The van der Waals surface area contributed by atoms with Crippen LogP contribution in [-0.2, 0) is 4.74 Å². The molecule has 0 aliphatic rings. The highest BCUT2D eigenvalue weighted by Crippen LogP contribution is 2.22. The van der Waals surface area contributed by atoms with Gasteiger partial charge < -0.3 is 10.1 Å². The van der Waals surface area contributed by atoms with E-state index in [1.54, 1.807) is 6.07 Å². The Bertz CT molecular complexity index is 354. The fourth-order valence-electron chi connectivity index (χ4n) is 1.12. The molecule has 0 bridgehead atoms. The van der Waals surface area contributed by atoms with E-state index in [4.69, 9.17) is 0 Å². The molecule has 1 aromatic carbocycles. The second-order valence-corrected chi connectivity index (χ2v) is 3.49. The molecule has 6 heteroatoms. The Labute approximate surface area is 96.6 Å². The summed E-state index contributed by atoms with van der Waals surface area (Å²) in [5, 5.41) is 2.76. The van der Waals surface area contributed by atoms with Gasteiger partial charge in [0.15, 0.2) is 6.10 Å². The lowest BCUT2D eigenvalue weighted by Crippen LogP contribution is -2.30. The summed E-state index contributed by atoms with van der Waals surface area (Å²) in [5.41, 5.74) is 0.508. The Morgan fingerprint density at radius 2 is 2.06 bits per heavy atom. The van der Waals surface area contributed by atoms with Crippen LogP contribution in [0.2, 0.25) is 0 Å². The molecule has 2 nitrogen and oxygen atoms in total. The van der Waals surface area contributed by atoms with Crippen molar-refractivity contribution in [2.45, 2.75) is 19.2 Å². The highest BCUT2D eigenvalue weighted by atomic mass is 19.4. The van der Waals surface area contributed by atoms with Crippen molar-refractivity contribution in [1.82, 2.24) is 0 Å². The Kier molecular flexibility index (Phi) is 4.74. The van der Waals surface area contributed by atoms with Crippen molar-refractivity contribution in [2.24, 2.45) is 0 Å². The van der Waals surface area contributed by atoms with Gasteiger partial charge in [0.05, 0.1) is 6.61 Å². The molecule has 0 aliphatic heterocycles. The summed E-state index contributed by atoms with van der Waals surface area (Å²) >= 11 is 0. The molecule has 0 radical (unpaired) electrons. The average molecular weight is 251 g/mol. The number of ether oxygens (including phenoxy) is 1. The maximum atomic E-state index is 12.7. The molecule has 0 aromatic heterocycles. The number of rotatable bonds is 5. The smallest absolute Gasteiger partial charge is 0.383 e. The first-order valence-corrected chi connectivity index (χ1v) is 5.07. The van der Waals surface area contributed by atoms with Crippen molar-refractivity contribution in [3.05, 3.63) is 30.1 Å². The molecule has 17 heavy (non-hydrogen) atoms. The van der Waals surface area contributed by atoms with E-state index < -0.39 is 18.1 Å². The Balaban J connectivity index is 2.25. The van der Waals surface area contributed by atoms with Crippen molar-refractivity contribution in [3.63, 3.8) is 0 Å². The molecule has 0 saturated carbocycles. The normalized spacial score (nSPS) is 13.5. The third-order valence-electron chi connectivity index (χ3n) is 2.08. The third kappa shape index (κ3) is 5.04. The predicted molar refractivity (Wildman–Crippen MR) is 56.4 cm³/mol. The fourth-order valence-corrected chi connectivity index (χ4v) is 1.12. The van der Waals surface area contributed by atoms with Gasteiger partial charge in [-0.3, -0.25) is 0 Å². The van der Waals surface area contributed by atoms with Crippen LogP contribution < -0.4 is 5.32 Å². The molecule has 1 aromatic rings. The van der Waals surface area contributed by atoms with Crippen molar-refractivity contribution < 1.29 is 22.3 Å². The van der Waals surface area contributed by atoms with Crippen LogP contribution in [0, 0.1) is 5.82 Å². The van der Waals surface area contributed by atoms with E-state index in [9.17, 15) is 17.6 Å². The SMILES string of the molecule is CC(OCCNc1cccc(F)c1)C(F)(F)F. The van der Waals surface area contributed by atoms with Gasteiger partial charge in [-0.05, 0) is 25.1 Å². The Morgan fingerprint density at radius 3 is 2.65 bits per heavy atom. The van der Waals surface area contributed by atoms with Crippen LogP contribution in [0.25, 0.3) is 0 Å². The summed E-state index contributed by atoms with van der Waals surface area (Å²) in [5.74, 6) is -0.403. The van der Waals surface area contributed by atoms with E-state index >= 15 is 0 Å². The third-order valence-corrected chi connectivity index (χ3v) is 2.08. The number of benzene rings is 1. The van der Waals surface area contributed by atoms with E-state index in [-0.39, 0.29) is 13.2 Å². The van der Waals surface area contributed by atoms with Gasteiger partial charge in [-0.15, -0.1) is 0 Å². The van der Waals surface area contributed by atoms with Gasteiger partial charge in [0.1, 0.15) is 5.82 Å². The molecular weight excluding hydrogens is 238 g/mol.